The van der Waals surface area contributed by atoms with E-state index < -0.39 is 0 Å². The molecule has 4 nitrogen and oxygen atoms in total. The Balaban J connectivity index is 1.76. The number of carbonyl (C=O) groups excluding carboxylic acids is 2. The van der Waals surface area contributed by atoms with Crippen molar-refractivity contribution >= 4 is 29.3 Å². The third-order valence-electron chi connectivity index (χ3n) is 2.47. The summed E-state index contributed by atoms with van der Waals surface area (Å²) in [4.78, 5) is 22.9. The minimum absolute atomic E-state index is 0.0440. The molecular weight excluding hydrogens is 236 g/mol. The van der Waals surface area contributed by atoms with Crippen LogP contribution in [0.3, 0.4) is 0 Å². The molecule has 1 fully saturated rings. The summed E-state index contributed by atoms with van der Waals surface area (Å²) in [6, 6.07) is 9.31. The molecule has 90 valence electrons. The highest BCUT2D eigenvalue weighted by atomic mass is 32.2. The highest BCUT2D eigenvalue weighted by molar-refractivity contribution is 8.01. The maximum atomic E-state index is 11.6. The number of rotatable bonds is 4. The van der Waals surface area contributed by atoms with Crippen LogP contribution in [-0.4, -0.2) is 29.4 Å². The van der Waals surface area contributed by atoms with Crippen LogP contribution in [0.2, 0.25) is 0 Å². The molecule has 0 saturated carbocycles. The van der Waals surface area contributed by atoms with Crippen molar-refractivity contribution in [3.05, 3.63) is 30.3 Å². The number of thioether (sulfide) groups is 1. The summed E-state index contributed by atoms with van der Waals surface area (Å²) >= 11 is 1.40. The Bertz CT molecular complexity index is 408. The van der Waals surface area contributed by atoms with Gasteiger partial charge < -0.3 is 10.6 Å². The molecule has 2 amide bonds. The van der Waals surface area contributed by atoms with E-state index in [0.29, 0.717) is 5.75 Å². The maximum absolute atomic E-state index is 11.6. The average Bonchev–Trinajstić information content (AvgIpc) is 2.74. The summed E-state index contributed by atoms with van der Waals surface area (Å²) in [7, 11) is 0. The smallest absolute Gasteiger partial charge is 0.234 e. The molecule has 0 aromatic heterocycles. The molecule has 1 saturated heterocycles. The van der Waals surface area contributed by atoms with Crippen LogP contribution in [0.1, 0.15) is 6.42 Å². The fraction of sp³-hybridized carbons (Fsp3) is 0.333. The van der Waals surface area contributed by atoms with E-state index in [4.69, 9.17) is 0 Å². The van der Waals surface area contributed by atoms with Crippen LogP contribution in [0.4, 0.5) is 5.69 Å². The number of carbonyl (C=O) groups is 2. The second-order valence-electron chi connectivity index (χ2n) is 3.79. The molecule has 17 heavy (non-hydrogen) atoms. The summed E-state index contributed by atoms with van der Waals surface area (Å²) in [6.45, 7) is 0.719. The Labute approximate surface area is 104 Å². The SMILES string of the molecule is O=C(CS[C@H]1CCNC1=O)Nc1ccccc1. The van der Waals surface area contributed by atoms with E-state index >= 15 is 0 Å². The van der Waals surface area contributed by atoms with Crippen LogP contribution in [0.25, 0.3) is 0 Å². The molecule has 2 N–H and O–H groups in total. The van der Waals surface area contributed by atoms with Crippen LogP contribution in [0.15, 0.2) is 30.3 Å². The first-order valence-electron chi connectivity index (χ1n) is 5.50. The Morgan fingerprint density at radius 1 is 1.41 bits per heavy atom. The first-order chi connectivity index (χ1) is 8.25. The van der Waals surface area contributed by atoms with Crippen molar-refractivity contribution in [1.82, 2.24) is 5.32 Å². The van der Waals surface area contributed by atoms with Crippen molar-refractivity contribution in [2.24, 2.45) is 0 Å². The van der Waals surface area contributed by atoms with Gasteiger partial charge in [0, 0.05) is 12.2 Å². The number of amides is 2. The van der Waals surface area contributed by atoms with Gasteiger partial charge in [0.05, 0.1) is 11.0 Å². The normalized spacial score (nSPS) is 18.8. The van der Waals surface area contributed by atoms with Gasteiger partial charge in [0.1, 0.15) is 0 Å². The quantitative estimate of drug-likeness (QED) is 0.845. The third kappa shape index (κ3) is 3.49. The van der Waals surface area contributed by atoms with E-state index in [1.54, 1.807) is 0 Å². The largest absolute Gasteiger partial charge is 0.355 e. The molecule has 2 rings (SSSR count). The number of hydrogen-bond acceptors (Lipinski definition) is 3. The lowest BCUT2D eigenvalue weighted by Gasteiger charge is -2.07. The minimum Gasteiger partial charge on any atom is -0.355 e. The van der Waals surface area contributed by atoms with E-state index in [1.165, 1.54) is 11.8 Å². The van der Waals surface area contributed by atoms with Crippen molar-refractivity contribution in [2.45, 2.75) is 11.7 Å². The van der Waals surface area contributed by atoms with Gasteiger partial charge in [-0.15, -0.1) is 11.8 Å². The van der Waals surface area contributed by atoms with Crippen molar-refractivity contribution in [3.8, 4) is 0 Å². The van der Waals surface area contributed by atoms with Gasteiger partial charge in [0.25, 0.3) is 0 Å². The Morgan fingerprint density at radius 2 is 2.18 bits per heavy atom. The molecule has 0 spiro atoms. The van der Waals surface area contributed by atoms with Gasteiger partial charge in [0.15, 0.2) is 0 Å². The monoisotopic (exact) mass is 250 g/mol. The number of nitrogens with one attached hydrogen (secondary N) is 2. The van der Waals surface area contributed by atoms with Crippen LogP contribution in [0.5, 0.6) is 0 Å². The second-order valence-corrected chi connectivity index (χ2v) is 4.98. The zero-order valence-electron chi connectivity index (χ0n) is 9.31. The van der Waals surface area contributed by atoms with Crippen molar-refractivity contribution < 1.29 is 9.59 Å². The Kier molecular flexibility index (Phi) is 4.03. The topological polar surface area (TPSA) is 58.2 Å². The number of benzene rings is 1. The van der Waals surface area contributed by atoms with Crippen LogP contribution in [0, 0.1) is 0 Å². The summed E-state index contributed by atoms with van der Waals surface area (Å²) < 4.78 is 0. The first-order valence-corrected chi connectivity index (χ1v) is 6.55. The Hall–Kier alpha value is -1.49. The lowest BCUT2D eigenvalue weighted by molar-refractivity contribution is -0.118. The molecule has 1 aliphatic heterocycles. The molecule has 1 aliphatic rings. The third-order valence-corrected chi connectivity index (χ3v) is 3.75. The summed E-state index contributed by atoms with van der Waals surface area (Å²) in [5.41, 5.74) is 0.786. The lowest BCUT2D eigenvalue weighted by atomic mass is 10.3. The van der Waals surface area contributed by atoms with Crippen LogP contribution >= 0.6 is 11.8 Å². The number of anilines is 1. The van der Waals surface area contributed by atoms with Gasteiger partial charge in [-0.1, -0.05) is 18.2 Å². The maximum Gasteiger partial charge on any atom is 0.234 e. The average molecular weight is 250 g/mol. The van der Waals surface area contributed by atoms with E-state index in [-0.39, 0.29) is 17.1 Å². The van der Waals surface area contributed by atoms with Crippen LogP contribution in [-0.2, 0) is 9.59 Å². The van der Waals surface area contributed by atoms with Gasteiger partial charge in [-0.2, -0.15) is 0 Å². The molecule has 1 atom stereocenters. The fourth-order valence-electron chi connectivity index (χ4n) is 1.63. The first kappa shape index (κ1) is 12.0. The molecule has 0 aliphatic carbocycles. The standard InChI is InChI=1S/C12H14N2O2S/c15-11(14-9-4-2-1-3-5-9)8-17-10-6-7-13-12(10)16/h1-5,10H,6-8H2,(H,13,16)(H,14,15)/t10-/m0/s1. The predicted octanol–water partition coefficient (Wildman–Crippen LogP) is 1.25. The van der Waals surface area contributed by atoms with Gasteiger partial charge in [-0.05, 0) is 18.6 Å². The summed E-state index contributed by atoms with van der Waals surface area (Å²) in [6.07, 6.45) is 0.808. The van der Waals surface area contributed by atoms with Gasteiger partial charge in [0.2, 0.25) is 11.8 Å². The van der Waals surface area contributed by atoms with E-state index in [2.05, 4.69) is 10.6 Å². The van der Waals surface area contributed by atoms with Crippen molar-refractivity contribution in [2.75, 3.05) is 17.6 Å². The summed E-state index contributed by atoms with van der Waals surface area (Å²) in [5, 5.41) is 5.47. The predicted molar refractivity (Wildman–Crippen MR) is 68.9 cm³/mol. The van der Waals surface area contributed by atoms with E-state index in [1.807, 2.05) is 30.3 Å². The highest BCUT2D eigenvalue weighted by Crippen LogP contribution is 2.18. The van der Waals surface area contributed by atoms with E-state index in [9.17, 15) is 9.59 Å². The molecular formula is C12H14N2O2S. The lowest BCUT2D eigenvalue weighted by Crippen LogP contribution is -2.23. The van der Waals surface area contributed by atoms with E-state index in [0.717, 1.165) is 18.7 Å². The van der Waals surface area contributed by atoms with Gasteiger partial charge in [-0.3, -0.25) is 9.59 Å². The molecule has 1 aromatic rings. The fourth-order valence-corrected chi connectivity index (χ4v) is 2.57. The molecule has 1 heterocycles. The van der Waals surface area contributed by atoms with Crippen molar-refractivity contribution in [1.29, 1.82) is 0 Å². The minimum atomic E-state index is -0.0727. The zero-order valence-corrected chi connectivity index (χ0v) is 10.1. The van der Waals surface area contributed by atoms with Gasteiger partial charge in [-0.25, -0.2) is 0 Å². The molecule has 5 heteroatoms. The molecule has 0 unspecified atom stereocenters. The number of para-hydroxylation sites is 1. The zero-order chi connectivity index (χ0) is 12.1. The van der Waals surface area contributed by atoms with Crippen LogP contribution < -0.4 is 10.6 Å². The second kappa shape index (κ2) is 5.72. The van der Waals surface area contributed by atoms with Gasteiger partial charge >= 0.3 is 0 Å². The molecule has 0 radical (unpaired) electrons. The van der Waals surface area contributed by atoms with Crippen molar-refractivity contribution in [3.63, 3.8) is 0 Å². The highest BCUT2D eigenvalue weighted by Gasteiger charge is 2.24. The summed E-state index contributed by atoms with van der Waals surface area (Å²) in [5.74, 6) is 0.288. The molecule has 1 aromatic carbocycles. The molecule has 0 bridgehead atoms. The number of hydrogen-bond donors (Lipinski definition) is 2. The Morgan fingerprint density at radius 3 is 2.82 bits per heavy atom.